The summed E-state index contributed by atoms with van der Waals surface area (Å²) in [5.74, 6) is -1.84. The summed E-state index contributed by atoms with van der Waals surface area (Å²) in [6.07, 6.45) is 6.78. The molecule has 5 rings (SSSR count). The third-order valence-corrected chi connectivity index (χ3v) is 6.06. The zero-order valence-electron chi connectivity index (χ0n) is 18.5. The first-order valence-electron chi connectivity index (χ1n) is 10.6. The number of fused-ring (bicyclic) bond motifs is 2. The molecular formula is C22H21ClFN7O3. The van der Waals surface area contributed by atoms with Gasteiger partial charge in [-0.15, -0.1) is 0 Å². The highest BCUT2D eigenvalue weighted by Crippen LogP contribution is 2.41. The van der Waals surface area contributed by atoms with E-state index in [1.165, 1.54) is 13.3 Å². The standard InChI is InChI=1S/C22H21ClFN7O3/c1-9(2)27-20-18(24)17(23)16(12-5-26-30-19(12)20)13-7-31-8-14(28-15(31)6-25-13)29-21(32)10-4-11(10)22(33)34-3/h5-11,27H,4H2,1-3H3,(H,26,30)(H,29,32)/t10-,11+/m1/s1. The molecule has 176 valence electrons. The highest BCUT2D eigenvalue weighted by atomic mass is 35.5. The normalized spacial score (nSPS) is 17.4. The first-order chi connectivity index (χ1) is 16.3. The van der Waals surface area contributed by atoms with E-state index in [9.17, 15) is 9.59 Å². The van der Waals surface area contributed by atoms with E-state index in [1.807, 2.05) is 13.8 Å². The van der Waals surface area contributed by atoms with Crippen molar-refractivity contribution >= 4 is 51.5 Å². The Hall–Kier alpha value is -3.73. The van der Waals surface area contributed by atoms with Gasteiger partial charge in [0.25, 0.3) is 0 Å². The molecule has 3 heterocycles. The monoisotopic (exact) mass is 485 g/mol. The van der Waals surface area contributed by atoms with Crippen LogP contribution in [-0.2, 0) is 14.3 Å². The number of carbonyl (C=O) groups is 2. The summed E-state index contributed by atoms with van der Waals surface area (Å²) in [7, 11) is 1.30. The Balaban J connectivity index is 1.48. The number of aromatic nitrogens is 5. The lowest BCUT2D eigenvalue weighted by atomic mass is 10.1. The summed E-state index contributed by atoms with van der Waals surface area (Å²) in [5, 5.41) is 13.2. The lowest BCUT2D eigenvalue weighted by molar-refractivity contribution is -0.143. The predicted molar refractivity (Wildman–Crippen MR) is 124 cm³/mol. The van der Waals surface area contributed by atoms with Crippen molar-refractivity contribution in [3.05, 3.63) is 35.6 Å². The van der Waals surface area contributed by atoms with Gasteiger partial charge in [0.15, 0.2) is 17.3 Å². The number of nitrogens with one attached hydrogen (secondary N) is 3. The highest BCUT2D eigenvalue weighted by molar-refractivity contribution is 6.35. The van der Waals surface area contributed by atoms with E-state index in [2.05, 4.69) is 35.5 Å². The summed E-state index contributed by atoms with van der Waals surface area (Å²) < 4.78 is 21.5. The van der Waals surface area contributed by atoms with Crippen molar-refractivity contribution in [1.82, 2.24) is 24.6 Å². The van der Waals surface area contributed by atoms with Crippen LogP contribution < -0.4 is 10.6 Å². The first-order valence-corrected chi connectivity index (χ1v) is 11.0. The number of H-pyrrole nitrogens is 1. The van der Waals surface area contributed by atoms with Gasteiger partial charge in [0.1, 0.15) is 0 Å². The second-order valence-corrected chi connectivity index (χ2v) is 8.84. The average Bonchev–Trinajstić information content (AvgIpc) is 3.29. The maximum absolute atomic E-state index is 15.2. The van der Waals surface area contributed by atoms with E-state index in [0.717, 1.165) is 0 Å². The fraction of sp³-hybridized carbons (Fsp3) is 0.318. The number of ether oxygens (including phenoxy) is 1. The third-order valence-electron chi connectivity index (χ3n) is 5.70. The van der Waals surface area contributed by atoms with Gasteiger partial charge in [-0.2, -0.15) is 5.10 Å². The second-order valence-electron chi connectivity index (χ2n) is 8.46. The fourth-order valence-corrected chi connectivity index (χ4v) is 4.29. The molecule has 34 heavy (non-hydrogen) atoms. The van der Waals surface area contributed by atoms with Crippen LogP contribution in [0.25, 0.3) is 27.8 Å². The molecule has 3 N–H and O–H groups in total. The molecule has 0 spiro atoms. The predicted octanol–water partition coefficient (Wildman–Crippen LogP) is 3.63. The number of amides is 1. The number of anilines is 2. The summed E-state index contributed by atoms with van der Waals surface area (Å²) in [6, 6.07) is -0.0180. The van der Waals surface area contributed by atoms with Crippen LogP contribution in [-0.4, -0.2) is 49.6 Å². The van der Waals surface area contributed by atoms with Gasteiger partial charge in [0.2, 0.25) is 5.91 Å². The molecule has 0 unspecified atom stereocenters. The number of benzene rings is 1. The Kier molecular flexibility index (Phi) is 5.35. The van der Waals surface area contributed by atoms with Crippen molar-refractivity contribution in [2.45, 2.75) is 26.3 Å². The lowest BCUT2D eigenvalue weighted by Gasteiger charge is -2.15. The molecule has 0 radical (unpaired) electrons. The van der Waals surface area contributed by atoms with Gasteiger partial charge in [-0.1, -0.05) is 11.6 Å². The Bertz CT molecular complexity index is 1450. The van der Waals surface area contributed by atoms with Crippen LogP contribution in [0.2, 0.25) is 5.02 Å². The second kappa shape index (κ2) is 8.24. The number of nitrogens with zero attached hydrogens (tertiary/aromatic N) is 4. The maximum atomic E-state index is 15.2. The van der Waals surface area contributed by atoms with Gasteiger partial charge < -0.3 is 19.8 Å². The SMILES string of the molecule is COC(=O)[C@H]1C[C@H]1C(=O)Nc1cn2cc(-c3c(Cl)c(F)c(NC(C)C)c4[nH]ncc34)ncc2n1. The number of carbonyl (C=O) groups excluding carboxylic acids is 2. The van der Waals surface area contributed by atoms with E-state index in [0.29, 0.717) is 40.0 Å². The molecule has 1 amide bonds. The maximum Gasteiger partial charge on any atom is 0.309 e. The van der Waals surface area contributed by atoms with Crippen molar-refractivity contribution in [1.29, 1.82) is 0 Å². The molecule has 4 aromatic rings. The number of rotatable bonds is 6. The van der Waals surface area contributed by atoms with E-state index in [4.69, 9.17) is 11.6 Å². The molecule has 0 saturated heterocycles. The van der Waals surface area contributed by atoms with Gasteiger partial charge >= 0.3 is 5.97 Å². The summed E-state index contributed by atoms with van der Waals surface area (Å²) in [6.45, 7) is 3.79. The van der Waals surface area contributed by atoms with E-state index >= 15 is 4.39 Å². The van der Waals surface area contributed by atoms with Crippen LogP contribution in [0.5, 0.6) is 0 Å². The number of imidazole rings is 1. The Morgan fingerprint density at radius 1 is 1.29 bits per heavy atom. The topological polar surface area (TPSA) is 126 Å². The molecule has 0 aliphatic heterocycles. The first kappa shape index (κ1) is 22.1. The Labute approximate surface area is 197 Å². The van der Waals surface area contributed by atoms with Gasteiger partial charge in [-0.3, -0.25) is 19.7 Å². The van der Waals surface area contributed by atoms with Crippen LogP contribution in [0, 0.1) is 17.7 Å². The minimum atomic E-state index is -0.604. The molecule has 0 bridgehead atoms. The fourth-order valence-electron chi connectivity index (χ4n) is 3.99. The molecule has 3 aromatic heterocycles. The van der Waals surface area contributed by atoms with Gasteiger partial charge in [0.05, 0.1) is 59.5 Å². The highest BCUT2D eigenvalue weighted by Gasteiger charge is 2.49. The van der Waals surface area contributed by atoms with Crippen molar-refractivity contribution in [3.63, 3.8) is 0 Å². The molecule has 1 aromatic carbocycles. The number of hydrogen-bond donors (Lipinski definition) is 3. The molecular weight excluding hydrogens is 465 g/mol. The summed E-state index contributed by atoms with van der Waals surface area (Å²) in [4.78, 5) is 32.8. The number of hydrogen-bond acceptors (Lipinski definition) is 7. The Morgan fingerprint density at radius 3 is 2.82 bits per heavy atom. The zero-order valence-corrected chi connectivity index (χ0v) is 19.3. The molecule has 1 saturated carbocycles. The number of halogens is 2. The number of esters is 1. The van der Waals surface area contributed by atoms with E-state index in [-0.39, 0.29) is 22.7 Å². The minimum Gasteiger partial charge on any atom is -0.469 e. The van der Waals surface area contributed by atoms with E-state index in [1.54, 1.807) is 23.0 Å². The molecule has 10 nitrogen and oxygen atoms in total. The molecule has 12 heteroatoms. The van der Waals surface area contributed by atoms with Gasteiger partial charge in [0, 0.05) is 23.2 Å². The average molecular weight is 486 g/mol. The van der Waals surface area contributed by atoms with Gasteiger partial charge in [-0.05, 0) is 20.3 Å². The largest absolute Gasteiger partial charge is 0.469 e. The summed E-state index contributed by atoms with van der Waals surface area (Å²) in [5.41, 5.74) is 1.99. The quantitative estimate of drug-likeness (QED) is 0.356. The van der Waals surface area contributed by atoms with E-state index < -0.39 is 23.6 Å². The van der Waals surface area contributed by atoms with Crippen LogP contribution >= 0.6 is 11.6 Å². The lowest BCUT2D eigenvalue weighted by Crippen LogP contribution is -2.17. The molecule has 1 aliphatic rings. The molecule has 2 atom stereocenters. The van der Waals surface area contributed by atoms with Crippen molar-refractivity contribution < 1.29 is 18.7 Å². The Morgan fingerprint density at radius 2 is 2.09 bits per heavy atom. The summed E-state index contributed by atoms with van der Waals surface area (Å²) >= 11 is 6.45. The molecule has 1 aliphatic carbocycles. The van der Waals surface area contributed by atoms with Crippen LogP contribution in [0.1, 0.15) is 20.3 Å². The van der Waals surface area contributed by atoms with Crippen molar-refractivity contribution in [2.75, 3.05) is 17.7 Å². The number of aromatic amines is 1. The van der Waals surface area contributed by atoms with Crippen molar-refractivity contribution in [2.24, 2.45) is 11.8 Å². The van der Waals surface area contributed by atoms with Gasteiger partial charge in [-0.25, -0.2) is 9.37 Å². The molecule has 1 fully saturated rings. The zero-order chi connectivity index (χ0) is 24.1. The van der Waals surface area contributed by atoms with Crippen LogP contribution in [0.4, 0.5) is 15.9 Å². The third kappa shape index (κ3) is 3.71. The smallest absolute Gasteiger partial charge is 0.309 e. The van der Waals surface area contributed by atoms with Crippen LogP contribution in [0.15, 0.2) is 24.8 Å². The van der Waals surface area contributed by atoms with Crippen molar-refractivity contribution in [3.8, 4) is 11.3 Å². The number of methoxy groups -OCH3 is 1. The minimum absolute atomic E-state index is 0.0180. The van der Waals surface area contributed by atoms with Crippen LogP contribution in [0.3, 0.4) is 0 Å².